The highest BCUT2D eigenvalue weighted by Crippen LogP contribution is 2.17. The first-order chi connectivity index (χ1) is 6.79. The first-order valence-corrected chi connectivity index (χ1v) is 5.61. The van der Waals surface area contributed by atoms with Gasteiger partial charge in [-0.15, -0.1) is 0 Å². The second kappa shape index (κ2) is 5.98. The van der Waals surface area contributed by atoms with Gasteiger partial charge in [0.1, 0.15) is 5.82 Å². The maximum Gasteiger partial charge on any atom is 0.132 e. The van der Waals surface area contributed by atoms with Gasteiger partial charge in [-0.3, -0.25) is 0 Å². The van der Waals surface area contributed by atoms with Gasteiger partial charge in [0.25, 0.3) is 0 Å². The molecule has 0 saturated heterocycles. The summed E-state index contributed by atoms with van der Waals surface area (Å²) in [6, 6.07) is 4.02. The molecular formula is C10H15BrN2O. The molecule has 0 aliphatic rings. The van der Waals surface area contributed by atoms with Gasteiger partial charge in [-0.25, -0.2) is 4.98 Å². The molecule has 0 aromatic carbocycles. The number of hydrogen-bond donors (Lipinski definition) is 0. The molecular weight excluding hydrogens is 244 g/mol. The summed E-state index contributed by atoms with van der Waals surface area (Å²) >= 11 is 3.45. The molecule has 1 heterocycles. The van der Waals surface area contributed by atoms with Gasteiger partial charge in [-0.1, -0.05) is 22.0 Å². The molecule has 0 aliphatic heterocycles. The van der Waals surface area contributed by atoms with Crippen LogP contribution in [-0.4, -0.2) is 32.3 Å². The molecule has 3 nitrogen and oxygen atoms in total. The van der Waals surface area contributed by atoms with Gasteiger partial charge < -0.3 is 9.64 Å². The summed E-state index contributed by atoms with van der Waals surface area (Å²) in [4.78, 5) is 6.44. The van der Waals surface area contributed by atoms with Crippen LogP contribution < -0.4 is 4.90 Å². The smallest absolute Gasteiger partial charge is 0.132 e. The highest BCUT2D eigenvalue weighted by Gasteiger charge is 2.06. The standard InChI is InChI=1S/C10H15BrN2O/c1-13(6-7-14-2)10-9(8-11)4-3-5-12-10/h3-5H,6-8H2,1-2H3. The Morgan fingerprint density at radius 1 is 1.57 bits per heavy atom. The van der Waals surface area contributed by atoms with Gasteiger partial charge in [-0.2, -0.15) is 0 Å². The Labute approximate surface area is 93.2 Å². The number of aromatic nitrogens is 1. The number of rotatable bonds is 5. The monoisotopic (exact) mass is 258 g/mol. The Kier molecular flexibility index (Phi) is 4.90. The van der Waals surface area contributed by atoms with E-state index in [-0.39, 0.29) is 0 Å². The molecule has 0 radical (unpaired) electrons. The molecule has 1 rings (SSSR count). The maximum absolute atomic E-state index is 5.03. The molecule has 0 unspecified atom stereocenters. The van der Waals surface area contributed by atoms with Crippen LogP contribution in [0.4, 0.5) is 5.82 Å². The normalized spacial score (nSPS) is 10.2. The quantitative estimate of drug-likeness (QED) is 0.757. The van der Waals surface area contributed by atoms with Crippen LogP contribution in [0.2, 0.25) is 0 Å². The van der Waals surface area contributed by atoms with E-state index in [1.165, 1.54) is 5.56 Å². The minimum Gasteiger partial charge on any atom is -0.383 e. The second-order valence-electron chi connectivity index (χ2n) is 3.03. The van der Waals surface area contributed by atoms with E-state index in [1.807, 2.05) is 19.3 Å². The lowest BCUT2D eigenvalue weighted by Gasteiger charge is -2.19. The van der Waals surface area contributed by atoms with Crippen LogP contribution in [0.25, 0.3) is 0 Å². The third kappa shape index (κ3) is 2.96. The van der Waals surface area contributed by atoms with Crippen molar-refractivity contribution in [2.24, 2.45) is 0 Å². The molecule has 4 heteroatoms. The number of alkyl halides is 1. The van der Waals surface area contributed by atoms with Gasteiger partial charge in [0, 0.05) is 37.8 Å². The zero-order valence-corrected chi connectivity index (χ0v) is 10.1. The van der Waals surface area contributed by atoms with Crippen LogP contribution in [0.5, 0.6) is 0 Å². The lowest BCUT2D eigenvalue weighted by molar-refractivity contribution is 0.206. The van der Waals surface area contributed by atoms with Crippen molar-refractivity contribution in [1.29, 1.82) is 0 Å². The fraction of sp³-hybridized carbons (Fsp3) is 0.500. The SMILES string of the molecule is COCCN(C)c1ncccc1CBr. The van der Waals surface area contributed by atoms with Crippen molar-refractivity contribution in [3.63, 3.8) is 0 Å². The fourth-order valence-corrected chi connectivity index (χ4v) is 1.65. The predicted molar refractivity (Wildman–Crippen MR) is 62.0 cm³/mol. The van der Waals surface area contributed by atoms with Gasteiger partial charge in [0.15, 0.2) is 0 Å². The summed E-state index contributed by atoms with van der Waals surface area (Å²) in [6.45, 7) is 1.57. The Bertz CT molecular complexity index is 281. The number of methoxy groups -OCH3 is 1. The zero-order chi connectivity index (χ0) is 10.4. The van der Waals surface area contributed by atoms with Gasteiger partial charge in [-0.05, 0) is 6.07 Å². The summed E-state index contributed by atoms with van der Waals surface area (Å²) in [5.41, 5.74) is 1.20. The highest BCUT2D eigenvalue weighted by atomic mass is 79.9. The number of anilines is 1. The van der Waals surface area contributed by atoms with E-state index in [0.29, 0.717) is 0 Å². The first kappa shape index (κ1) is 11.5. The number of hydrogen-bond acceptors (Lipinski definition) is 3. The van der Waals surface area contributed by atoms with Crippen molar-refractivity contribution >= 4 is 21.7 Å². The minimum absolute atomic E-state index is 0.717. The Morgan fingerprint density at radius 3 is 3.00 bits per heavy atom. The maximum atomic E-state index is 5.03. The Balaban J connectivity index is 2.72. The van der Waals surface area contributed by atoms with Crippen LogP contribution in [0.1, 0.15) is 5.56 Å². The van der Waals surface area contributed by atoms with Gasteiger partial charge >= 0.3 is 0 Å². The molecule has 0 saturated carbocycles. The number of pyridine rings is 1. The van der Waals surface area contributed by atoms with Crippen molar-refractivity contribution in [2.45, 2.75) is 5.33 Å². The van der Waals surface area contributed by atoms with Crippen LogP contribution in [0, 0.1) is 0 Å². The molecule has 1 aromatic rings. The van der Waals surface area contributed by atoms with E-state index in [1.54, 1.807) is 7.11 Å². The Morgan fingerprint density at radius 2 is 2.36 bits per heavy atom. The van der Waals surface area contributed by atoms with Gasteiger partial charge in [0.05, 0.1) is 6.61 Å². The summed E-state index contributed by atoms with van der Waals surface area (Å²) in [5, 5.41) is 0.827. The number of ether oxygens (including phenoxy) is 1. The molecule has 0 fully saturated rings. The summed E-state index contributed by atoms with van der Waals surface area (Å²) < 4.78 is 5.03. The van der Waals surface area contributed by atoms with E-state index in [2.05, 4.69) is 31.9 Å². The van der Waals surface area contributed by atoms with E-state index in [0.717, 1.165) is 24.3 Å². The molecule has 0 amide bonds. The number of likely N-dealkylation sites (N-methyl/N-ethyl adjacent to an activating group) is 1. The zero-order valence-electron chi connectivity index (χ0n) is 8.53. The van der Waals surface area contributed by atoms with E-state index in [9.17, 15) is 0 Å². The molecule has 0 bridgehead atoms. The third-order valence-corrected chi connectivity index (χ3v) is 2.61. The average molecular weight is 259 g/mol. The molecule has 0 N–H and O–H groups in total. The summed E-state index contributed by atoms with van der Waals surface area (Å²) in [7, 11) is 3.73. The van der Waals surface area contributed by atoms with Crippen molar-refractivity contribution in [3.05, 3.63) is 23.9 Å². The van der Waals surface area contributed by atoms with E-state index in [4.69, 9.17) is 4.74 Å². The lowest BCUT2D eigenvalue weighted by Crippen LogP contribution is -2.24. The van der Waals surface area contributed by atoms with Crippen LogP contribution in [0.15, 0.2) is 18.3 Å². The van der Waals surface area contributed by atoms with Crippen molar-refractivity contribution in [3.8, 4) is 0 Å². The van der Waals surface area contributed by atoms with Crippen LogP contribution in [0.3, 0.4) is 0 Å². The lowest BCUT2D eigenvalue weighted by atomic mass is 10.3. The number of halogens is 1. The molecule has 78 valence electrons. The molecule has 1 aromatic heterocycles. The third-order valence-electron chi connectivity index (χ3n) is 2.00. The summed E-state index contributed by atoms with van der Waals surface area (Å²) in [5.74, 6) is 1.02. The molecule has 14 heavy (non-hydrogen) atoms. The second-order valence-corrected chi connectivity index (χ2v) is 3.59. The first-order valence-electron chi connectivity index (χ1n) is 4.49. The van der Waals surface area contributed by atoms with E-state index < -0.39 is 0 Å². The largest absolute Gasteiger partial charge is 0.383 e. The molecule has 0 atom stereocenters. The van der Waals surface area contributed by atoms with Crippen LogP contribution in [-0.2, 0) is 10.1 Å². The summed E-state index contributed by atoms with van der Waals surface area (Å²) in [6.07, 6.45) is 1.81. The number of nitrogens with zero attached hydrogens (tertiary/aromatic N) is 2. The highest BCUT2D eigenvalue weighted by molar-refractivity contribution is 9.08. The Hall–Kier alpha value is -0.610. The fourth-order valence-electron chi connectivity index (χ4n) is 1.21. The average Bonchev–Trinajstić information content (AvgIpc) is 2.25. The topological polar surface area (TPSA) is 25.4 Å². The molecule has 0 aliphatic carbocycles. The van der Waals surface area contributed by atoms with Crippen molar-refractivity contribution in [2.75, 3.05) is 32.2 Å². The van der Waals surface area contributed by atoms with Gasteiger partial charge in [0.2, 0.25) is 0 Å². The molecule has 0 spiro atoms. The van der Waals surface area contributed by atoms with Crippen molar-refractivity contribution < 1.29 is 4.74 Å². The van der Waals surface area contributed by atoms with E-state index >= 15 is 0 Å². The van der Waals surface area contributed by atoms with Crippen LogP contribution >= 0.6 is 15.9 Å². The minimum atomic E-state index is 0.717. The predicted octanol–water partition coefficient (Wildman–Crippen LogP) is 2.06. The van der Waals surface area contributed by atoms with Crippen molar-refractivity contribution in [1.82, 2.24) is 4.98 Å².